The van der Waals surface area contributed by atoms with Gasteiger partial charge in [0.2, 0.25) is 5.82 Å². The van der Waals surface area contributed by atoms with Crippen LogP contribution in [-0.2, 0) is 11.8 Å². The van der Waals surface area contributed by atoms with Gasteiger partial charge in [-0.3, -0.25) is 4.79 Å². The van der Waals surface area contributed by atoms with Crippen molar-refractivity contribution in [3.8, 4) is 0 Å². The van der Waals surface area contributed by atoms with Crippen LogP contribution in [-0.4, -0.2) is 27.1 Å². The van der Waals surface area contributed by atoms with Crippen LogP contribution in [0.25, 0.3) is 11.0 Å². The van der Waals surface area contributed by atoms with Crippen LogP contribution in [0.4, 0.5) is 0 Å². The van der Waals surface area contributed by atoms with Crippen molar-refractivity contribution < 1.29 is 9.53 Å². The summed E-state index contributed by atoms with van der Waals surface area (Å²) in [5.74, 6) is -0.678. The van der Waals surface area contributed by atoms with E-state index in [1.54, 1.807) is 11.5 Å². The fourth-order valence-electron chi connectivity index (χ4n) is 1.93. The molecule has 0 aromatic carbocycles. The Balaban J connectivity index is 2.74. The summed E-state index contributed by atoms with van der Waals surface area (Å²) in [6.07, 6.45) is 0. The van der Waals surface area contributed by atoms with Crippen LogP contribution in [0, 0.1) is 13.8 Å². The number of hydrogen-bond acceptors (Lipinski definition) is 4. The molecule has 18 heavy (non-hydrogen) atoms. The smallest absolute Gasteiger partial charge is 0.374 e. The molecule has 2 aromatic rings. The summed E-state index contributed by atoms with van der Waals surface area (Å²) < 4.78 is 6.62. The molecular formula is C12H15N3O3. The predicted molar refractivity (Wildman–Crippen MR) is 66.8 cm³/mol. The zero-order chi connectivity index (χ0) is 13.4. The molecule has 2 rings (SSSR count). The van der Waals surface area contributed by atoms with E-state index in [9.17, 15) is 9.59 Å². The zero-order valence-corrected chi connectivity index (χ0v) is 10.8. The largest absolute Gasteiger partial charge is 0.460 e. The van der Waals surface area contributed by atoms with Crippen molar-refractivity contribution in [2.45, 2.75) is 20.8 Å². The Morgan fingerprint density at radius 1 is 1.44 bits per heavy atom. The summed E-state index contributed by atoms with van der Waals surface area (Å²) in [4.78, 5) is 30.2. The fourth-order valence-corrected chi connectivity index (χ4v) is 1.93. The molecule has 0 radical (unpaired) electrons. The van der Waals surface area contributed by atoms with Gasteiger partial charge in [-0.1, -0.05) is 0 Å². The second-order valence-corrected chi connectivity index (χ2v) is 4.10. The summed E-state index contributed by atoms with van der Waals surface area (Å²) >= 11 is 0. The van der Waals surface area contributed by atoms with Gasteiger partial charge in [0.25, 0.3) is 5.56 Å². The van der Waals surface area contributed by atoms with E-state index in [2.05, 4.69) is 9.97 Å². The van der Waals surface area contributed by atoms with Gasteiger partial charge in [-0.05, 0) is 26.3 Å². The average Bonchev–Trinajstić information content (AvgIpc) is 2.55. The summed E-state index contributed by atoms with van der Waals surface area (Å²) in [6, 6.07) is 0. The van der Waals surface area contributed by atoms with E-state index in [0.29, 0.717) is 11.0 Å². The van der Waals surface area contributed by atoms with E-state index in [0.717, 1.165) is 11.3 Å². The van der Waals surface area contributed by atoms with E-state index in [4.69, 9.17) is 4.74 Å². The van der Waals surface area contributed by atoms with Crippen LogP contribution in [0.15, 0.2) is 4.79 Å². The summed E-state index contributed by atoms with van der Waals surface area (Å²) in [7, 11) is 1.81. The molecule has 0 aliphatic carbocycles. The molecule has 2 aromatic heterocycles. The lowest BCUT2D eigenvalue weighted by Crippen LogP contribution is -2.18. The van der Waals surface area contributed by atoms with Gasteiger partial charge in [0.15, 0.2) is 0 Å². The molecule has 96 valence electrons. The highest BCUT2D eigenvalue weighted by atomic mass is 16.5. The molecule has 0 atom stereocenters. The number of aryl methyl sites for hydroxylation is 2. The normalized spacial score (nSPS) is 10.9. The number of aromatic amines is 1. The molecule has 2 heterocycles. The first kappa shape index (κ1) is 12.3. The number of nitrogens with one attached hydrogen (secondary N) is 1. The van der Waals surface area contributed by atoms with Crippen molar-refractivity contribution >= 4 is 17.0 Å². The highest BCUT2D eigenvalue weighted by Gasteiger charge is 2.17. The minimum absolute atomic E-state index is 0.0602. The van der Waals surface area contributed by atoms with Crippen LogP contribution < -0.4 is 5.56 Å². The monoisotopic (exact) mass is 249 g/mol. The highest BCUT2D eigenvalue weighted by molar-refractivity contribution is 5.89. The van der Waals surface area contributed by atoms with Gasteiger partial charge in [-0.25, -0.2) is 9.78 Å². The highest BCUT2D eigenvalue weighted by Crippen LogP contribution is 2.18. The number of fused-ring (bicyclic) bond motifs is 1. The molecular weight excluding hydrogens is 234 g/mol. The van der Waals surface area contributed by atoms with E-state index in [1.165, 1.54) is 0 Å². The number of nitrogens with zero attached hydrogens (tertiary/aromatic N) is 2. The Bertz CT molecular complexity index is 682. The number of ether oxygens (including phenoxy) is 1. The third kappa shape index (κ3) is 1.70. The molecule has 0 amide bonds. The first-order chi connectivity index (χ1) is 8.47. The van der Waals surface area contributed by atoms with Crippen LogP contribution in [0.3, 0.4) is 0 Å². The second kappa shape index (κ2) is 4.29. The zero-order valence-electron chi connectivity index (χ0n) is 10.8. The van der Waals surface area contributed by atoms with Crippen molar-refractivity contribution in [3.63, 3.8) is 0 Å². The molecule has 0 bridgehead atoms. The Morgan fingerprint density at radius 2 is 2.11 bits per heavy atom. The van der Waals surface area contributed by atoms with Gasteiger partial charge >= 0.3 is 5.97 Å². The van der Waals surface area contributed by atoms with Gasteiger partial charge in [0.05, 0.1) is 12.0 Å². The number of carbonyl (C=O) groups is 1. The summed E-state index contributed by atoms with van der Waals surface area (Å²) in [5, 5.41) is 0.517. The maximum Gasteiger partial charge on any atom is 0.374 e. The molecule has 0 saturated heterocycles. The Kier molecular flexibility index (Phi) is 2.94. The number of H-pyrrole nitrogens is 1. The Labute approximate surface area is 104 Å². The number of rotatable bonds is 2. The second-order valence-electron chi connectivity index (χ2n) is 4.10. The van der Waals surface area contributed by atoms with Crippen molar-refractivity contribution in [3.05, 3.63) is 27.4 Å². The standard InChI is InChI=1S/C12H15N3O3/c1-5-18-12(17)9-13-10-8(11(16)14-9)6(2)7(3)15(10)4/h5H2,1-4H3,(H,13,14,16). The fraction of sp³-hybridized carbons (Fsp3) is 0.417. The van der Waals surface area contributed by atoms with Crippen molar-refractivity contribution in [2.24, 2.45) is 7.05 Å². The van der Waals surface area contributed by atoms with Crippen molar-refractivity contribution in [1.29, 1.82) is 0 Å². The van der Waals surface area contributed by atoms with E-state index < -0.39 is 5.97 Å². The van der Waals surface area contributed by atoms with Gasteiger partial charge in [0.1, 0.15) is 5.65 Å². The first-order valence-corrected chi connectivity index (χ1v) is 5.70. The third-order valence-electron chi connectivity index (χ3n) is 3.11. The summed E-state index contributed by atoms with van der Waals surface area (Å²) in [5.41, 5.74) is 2.00. The van der Waals surface area contributed by atoms with Gasteiger partial charge in [-0.2, -0.15) is 0 Å². The number of esters is 1. The molecule has 0 spiro atoms. The van der Waals surface area contributed by atoms with Crippen LogP contribution in [0.1, 0.15) is 28.8 Å². The quantitative estimate of drug-likeness (QED) is 0.807. The van der Waals surface area contributed by atoms with Gasteiger partial charge < -0.3 is 14.3 Å². The van der Waals surface area contributed by atoms with Gasteiger partial charge in [0, 0.05) is 12.7 Å². The van der Waals surface area contributed by atoms with Gasteiger partial charge in [-0.15, -0.1) is 0 Å². The molecule has 6 nitrogen and oxygen atoms in total. The molecule has 0 saturated carbocycles. The molecule has 0 aliphatic rings. The lowest BCUT2D eigenvalue weighted by atomic mass is 10.2. The lowest BCUT2D eigenvalue weighted by molar-refractivity contribution is 0.0512. The van der Waals surface area contributed by atoms with Crippen molar-refractivity contribution in [1.82, 2.24) is 14.5 Å². The van der Waals surface area contributed by atoms with E-state index >= 15 is 0 Å². The third-order valence-corrected chi connectivity index (χ3v) is 3.11. The maximum atomic E-state index is 12.0. The average molecular weight is 249 g/mol. The van der Waals surface area contributed by atoms with E-state index in [1.807, 2.05) is 20.9 Å². The molecule has 0 fully saturated rings. The molecule has 1 N–H and O–H groups in total. The number of carbonyl (C=O) groups excluding carboxylic acids is 1. The van der Waals surface area contributed by atoms with Crippen LogP contribution >= 0.6 is 0 Å². The number of hydrogen-bond donors (Lipinski definition) is 1. The topological polar surface area (TPSA) is 77.0 Å². The first-order valence-electron chi connectivity index (χ1n) is 5.70. The van der Waals surface area contributed by atoms with Crippen LogP contribution in [0.5, 0.6) is 0 Å². The Hall–Kier alpha value is -2.11. The lowest BCUT2D eigenvalue weighted by Gasteiger charge is -2.02. The molecule has 0 unspecified atom stereocenters. The molecule has 0 aliphatic heterocycles. The summed E-state index contributed by atoms with van der Waals surface area (Å²) in [6.45, 7) is 5.70. The number of aromatic nitrogens is 3. The predicted octanol–water partition coefficient (Wildman–Crippen LogP) is 1.06. The maximum absolute atomic E-state index is 12.0. The minimum atomic E-state index is -0.618. The minimum Gasteiger partial charge on any atom is -0.460 e. The van der Waals surface area contributed by atoms with Crippen LogP contribution in [0.2, 0.25) is 0 Å². The van der Waals surface area contributed by atoms with Crippen molar-refractivity contribution in [2.75, 3.05) is 6.61 Å². The Morgan fingerprint density at radius 3 is 2.72 bits per heavy atom. The SMILES string of the molecule is CCOC(=O)c1nc2c(c(C)c(C)n2C)c(=O)[nH]1. The van der Waals surface area contributed by atoms with E-state index in [-0.39, 0.29) is 18.0 Å². The molecule has 6 heteroatoms.